The Morgan fingerprint density at radius 3 is 2.72 bits per heavy atom. The van der Waals surface area contributed by atoms with Crippen molar-refractivity contribution in [3.8, 4) is 17.1 Å². The maximum Gasteiger partial charge on any atom is 0.264 e. The molecule has 3 aromatic rings. The molecule has 0 saturated heterocycles. The quantitative estimate of drug-likeness (QED) is 0.728. The van der Waals surface area contributed by atoms with E-state index in [1.54, 1.807) is 7.11 Å². The number of methoxy groups -OCH3 is 1. The molecule has 1 aliphatic heterocycles. The number of nitrogens with zero attached hydrogens (tertiary/aromatic N) is 2. The monoisotopic (exact) mass is 334 g/mol. The number of amides is 1. The summed E-state index contributed by atoms with van der Waals surface area (Å²) >= 11 is 0. The molecular weight excluding hydrogens is 316 g/mol. The average molecular weight is 334 g/mol. The molecule has 5 heteroatoms. The topological polar surface area (TPSA) is 55.6 Å². The minimum Gasteiger partial charge on any atom is -0.497 e. The van der Waals surface area contributed by atoms with E-state index in [1.807, 2.05) is 47.4 Å². The molecule has 126 valence electrons. The van der Waals surface area contributed by atoms with Crippen LogP contribution in [-0.4, -0.2) is 24.2 Å². The van der Waals surface area contributed by atoms with Gasteiger partial charge in [0.1, 0.15) is 11.3 Å². The zero-order chi connectivity index (χ0) is 17.4. The Morgan fingerprint density at radius 2 is 1.96 bits per heavy atom. The largest absolute Gasteiger partial charge is 0.497 e. The first-order chi connectivity index (χ1) is 12.2. The van der Waals surface area contributed by atoms with Crippen molar-refractivity contribution >= 4 is 11.6 Å². The van der Waals surface area contributed by atoms with E-state index in [-0.39, 0.29) is 11.9 Å². The minimum atomic E-state index is -0.0930. The molecule has 0 saturated carbocycles. The number of carbonyl (C=O) groups is 1. The van der Waals surface area contributed by atoms with Crippen molar-refractivity contribution in [2.45, 2.75) is 19.4 Å². The molecule has 0 aliphatic carbocycles. The van der Waals surface area contributed by atoms with Crippen molar-refractivity contribution in [2.75, 3.05) is 12.0 Å². The number of hydrogen-bond donors (Lipinski definition) is 0. The fourth-order valence-corrected chi connectivity index (χ4v) is 3.35. The molecule has 1 aliphatic rings. The van der Waals surface area contributed by atoms with Gasteiger partial charge >= 0.3 is 0 Å². The van der Waals surface area contributed by atoms with Gasteiger partial charge in [0.05, 0.1) is 13.3 Å². The van der Waals surface area contributed by atoms with Crippen molar-refractivity contribution in [3.05, 3.63) is 65.9 Å². The van der Waals surface area contributed by atoms with Crippen LogP contribution in [0.4, 0.5) is 5.69 Å². The molecule has 1 amide bonds. The van der Waals surface area contributed by atoms with E-state index in [9.17, 15) is 4.79 Å². The Labute approximate surface area is 145 Å². The van der Waals surface area contributed by atoms with Gasteiger partial charge in [-0.05, 0) is 49.2 Å². The number of hydrogen-bond acceptors (Lipinski definition) is 4. The molecule has 5 nitrogen and oxygen atoms in total. The standard InChI is InChI=1S/C20H18N2O3/c1-13-11-15-5-3-4-6-18(15)22(13)20(23)17-12-21-25-19(17)14-7-9-16(24-2)10-8-14/h3-10,12-13H,11H2,1-2H3. The summed E-state index contributed by atoms with van der Waals surface area (Å²) in [6.07, 6.45) is 2.35. The van der Waals surface area contributed by atoms with Gasteiger partial charge in [0.2, 0.25) is 0 Å². The summed E-state index contributed by atoms with van der Waals surface area (Å²) < 4.78 is 10.6. The highest BCUT2D eigenvalue weighted by atomic mass is 16.5. The van der Waals surface area contributed by atoms with E-state index in [4.69, 9.17) is 9.26 Å². The van der Waals surface area contributed by atoms with Crippen molar-refractivity contribution in [1.29, 1.82) is 0 Å². The number of carbonyl (C=O) groups excluding carboxylic acids is 1. The lowest BCUT2D eigenvalue weighted by atomic mass is 10.1. The number of rotatable bonds is 3. The molecule has 1 atom stereocenters. The fraction of sp³-hybridized carbons (Fsp3) is 0.200. The number of ether oxygens (including phenoxy) is 1. The first-order valence-electron chi connectivity index (χ1n) is 8.19. The third-order valence-electron chi connectivity index (χ3n) is 4.58. The maximum atomic E-state index is 13.2. The van der Waals surface area contributed by atoms with Crippen LogP contribution >= 0.6 is 0 Å². The number of fused-ring (bicyclic) bond motifs is 1. The van der Waals surface area contributed by atoms with Gasteiger partial charge in [0, 0.05) is 17.3 Å². The molecule has 2 aromatic carbocycles. The highest BCUT2D eigenvalue weighted by Gasteiger charge is 2.33. The molecule has 0 bridgehead atoms. The Hall–Kier alpha value is -3.08. The van der Waals surface area contributed by atoms with Crippen LogP contribution < -0.4 is 9.64 Å². The Balaban J connectivity index is 1.71. The number of benzene rings is 2. The molecule has 25 heavy (non-hydrogen) atoms. The molecule has 1 unspecified atom stereocenters. The van der Waals surface area contributed by atoms with E-state index in [2.05, 4.69) is 18.1 Å². The zero-order valence-electron chi connectivity index (χ0n) is 14.1. The van der Waals surface area contributed by atoms with Gasteiger partial charge in [0.25, 0.3) is 5.91 Å². The van der Waals surface area contributed by atoms with Crippen LogP contribution in [-0.2, 0) is 6.42 Å². The summed E-state index contributed by atoms with van der Waals surface area (Å²) in [4.78, 5) is 15.0. The van der Waals surface area contributed by atoms with Gasteiger partial charge in [-0.25, -0.2) is 0 Å². The summed E-state index contributed by atoms with van der Waals surface area (Å²) in [6, 6.07) is 15.5. The van der Waals surface area contributed by atoms with Crippen LogP contribution in [0.5, 0.6) is 5.75 Å². The van der Waals surface area contributed by atoms with E-state index >= 15 is 0 Å². The lowest BCUT2D eigenvalue weighted by Gasteiger charge is -2.22. The maximum absolute atomic E-state index is 13.2. The smallest absolute Gasteiger partial charge is 0.264 e. The highest BCUT2D eigenvalue weighted by Crippen LogP contribution is 2.35. The lowest BCUT2D eigenvalue weighted by Crippen LogP contribution is -2.35. The summed E-state index contributed by atoms with van der Waals surface area (Å²) in [7, 11) is 1.62. The predicted molar refractivity (Wildman–Crippen MR) is 94.9 cm³/mol. The van der Waals surface area contributed by atoms with Crippen LogP contribution in [0.3, 0.4) is 0 Å². The molecule has 0 spiro atoms. The number of aromatic nitrogens is 1. The fourth-order valence-electron chi connectivity index (χ4n) is 3.35. The Kier molecular flexibility index (Phi) is 3.76. The second-order valence-corrected chi connectivity index (χ2v) is 6.15. The molecule has 4 rings (SSSR count). The highest BCUT2D eigenvalue weighted by molar-refractivity contribution is 6.10. The Bertz CT molecular complexity index is 915. The summed E-state index contributed by atoms with van der Waals surface area (Å²) in [6.45, 7) is 2.05. The molecule has 1 aromatic heterocycles. The number of anilines is 1. The van der Waals surface area contributed by atoms with Gasteiger partial charge in [-0.15, -0.1) is 0 Å². The molecule has 2 heterocycles. The van der Waals surface area contributed by atoms with Gasteiger partial charge in [0.15, 0.2) is 5.76 Å². The second-order valence-electron chi connectivity index (χ2n) is 6.15. The van der Waals surface area contributed by atoms with Crippen LogP contribution in [0, 0.1) is 0 Å². The van der Waals surface area contributed by atoms with Crippen molar-refractivity contribution < 1.29 is 14.1 Å². The van der Waals surface area contributed by atoms with E-state index in [0.29, 0.717) is 11.3 Å². The van der Waals surface area contributed by atoms with Crippen molar-refractivity contribution in [2.24, 2.45) is 0 Å². The summed E-state index contributed by atoms with van der Waals surface area (Å²) in [5, 5.41) is 3.86. The van der Waals surface area contributed by atoms with E-state index in [0.717, 1.165) is 23.4 Å². The first kappa shape index (κ1) is 15.4. The first-order valence-corrected chi connectivity index (χ1v) is 8.19. The third-order valence-corrected chi connectivity index (χ3v) is 4.58. The molecule has 0 N–H and O–H groups in total. The van der Waals surface area contributed by atoms with Crippen LogP contribution in [0.15, 0.2) is 59.3 Å². The molecular formula is C20H18N2O3. The van der Waals surface area contributed by atoms with Crippen LogP contribution in [0.25, 0.3) is 11.3 Å². The van der Waals surface area contributed by atoms with Crippen molar-refractivity contribution in [1.82, 2.24) is 5.16 Å². The predicted octanol–water partition coefficient (Wildman–Crippen LogP) is 3.94. The van der Waals surface area contributed by atoms with Crippen molar-refractivity contribution in [3.63, 3.8) is 0 Å². The van der Waals surface area contributed by atoms with Gasteiger partial charge in [-0.1, -0.05) is 23.4 Å². The van der Waals surface area contributed by atoms with E-state index in [1.165, 1.54) is 11.8 Å². The van der Waals surface area contributed by atoms with Gasteiger partial charge in [-0.3, -0.25) is 4.79 Å². The lowest BCUT2D eigenvalue weighted by molar-refractivity contribution is 0.0981. The zero-order valence-corrected chi connectivity index (χ0v) is 14.1. The molecule has 0 fully saturated rings. The normalized spacial score (nSPS) is 15.9. The SMILES string of the molecule is COc1ccc(-c2oncc2C(=O)N2c3ccccc3CC2C)cc1. The second kappa shape index (κ2) is 6.09. The van der Waals surface area contributed by atoms with Gasteiger partial charge in [-0.2, -0.15) is 0 Å². The van der Waals surface area contributed by atoms with Crippen LogP contribution in [0.2, 0.25) is 0 Å². The average Bonchev–Trinajstić information content (AvgIpc) is 3.25. The number of para-hydroxylation sites is 1. The van der Waals surface area contributed by atoms with Gasteiger partial charge < -0.3 is 14.2 Å². The Morgan fingerprint density at radius 1 is 1.20 bits per heavy atom. The summed E-state index contributed by atoms with van der Waals surface area (Å²) in [5.74, 6) is 1.13. The summed E-state index contributed by atoms with van der Waals surface area (Å²) in [5.41, 5.74) is 3.41. The van der Waals surface area contributed by atoms with E-state index < -0.39 is 0 Å². The molecule has 0 radical (unpaired) electrons. The van der Waals surface area contributed by atoms with Crippen LogP contribution in [0.1, 0.15) is 22.8 Å². The minimum absolute atomic E-state index is 0.0930. The third kappa shape index (κ3) is 2.58.